The fourth-order valence-corrected chi connectivity index (χ4v) is 2.23. The van der Waals surface area contributed by atoms with Crippen LogP contribution < -0.4 is 11.2 Å². The van der Waals surface area contributed by atoms with Gasteiger partial charge in [-0.1, -0.05) is 18.6 Å². The number of anilines is 1. The minimum atomic E-state index is -0.523. The number of nitrogens with one attached hydrogen (secondary N) is 1. The lowest BCUT2D eigenvalue weighted by Crippen LogP contribution is -2.20. The van der Waals surface area contributed by atoms with E-state index in [0.29, 0.717) is 17.7 Å². The number of carbonyl (C=O) groups is 1. The first kappa shape index (κ1) is 17.1. The molecule has 1 aromatic carbocycles. The van der Waals surface area contributed by atoms with E-state index in [2.05, 4.69) is 35.8 Å². The maximum atomic E-state index is 12.4. The van der Waals surface area contributed by atoms with E-state index in [1.807, 2.05) is 6.92 Å². The van der Waals surface area contributed by atoms with Gasteiger partial charge in [-0.05, 0) is 46.6 Å². The molecule has 4 N–H and O–H groups in total. The summed E-state index contributed by atoms with van der Waals surface area (Å²) < 4.78 is 5.90. The van der Waals surface area contributed by atoms with Crippen LogP contribution in [0, 0.1) is 0 Å². The van der Waals surface area contributed by atoms with Gasteiger partial charge in [0.15, 0.2) is 5.69 Å². The minimum absolute atomic E-state index is 0.0459. The van der Waals surface area contributed by atoms with Crippen LogP contribution in [0.4, 0.5) is 5.82 Å². The molecule has 0 fully saturated rings. The van der Waals surface area contributed by atoms with Crippen molar-refractivity contribution in [2.45, 2.75) is 19.8 Å². The van der Waals surface area contributed by atoms with Crippen molar-refractivity contribution >= 4 is 17.9 Å². The predicted molar refractivity (Wildman–Crippen MR) is 90.8 cm³/mol. The third kappa shape index (κ3) is 3.50. The number of amides is 1. The van der Waals surface area contributed by atoms with E-state index >= 15 is 0 Å². The van der Waals surface area contributed by atoms with Crippen molar-refractivity contribution in [1.82, 2.24) is 30.7 Å². The zero-order chi connectivity index (χ0) is 18.5. The van der Waals surface area contributed by atoms with Gasteiger partial charge in [-0.15, -0.1) is 5.10 Å². The number of aromatic nitrogens is 5. The van der Waals surface area contributed by atoms with Gasteiger partial charge in [0.2, 0.25) is 11.6 Å². The molecule has 11 nitrogen and oxygen atoms in total. The van der Waals surface area contributed by atoms with Crippen LogP contribution >= 0.6 is 0 Å². The molecule has 0 aliphatic rings. The van der Waals surface area contributed by atoms with Crippen LogP contribution in [0.5, 0.6) is 5.75 Å². The van der Waals surface area contributed by atoms with E-state index in [1.54, 1.807) is 12.1 Å². The molecule has 3 rings (SSSR count). The SMILES string of the molecule is CCCc1c(C(=O)N/N=C/c2ccc(O)cc2)nnn1-c1nonc1N. The molecule has 0 atom stereocenters. The third-order valence-electron chi connectivity index (χ3n) is 3.43. The normalized spacial score (nSPS) is 11.1. The summed E-state index contributed by atoms with van der Waals surface area (Å²) in [7, 11) is 0. The van der Waals surface area contributed by atoms with Gasteiger partial charge in [-0.25, -0.2) is 10.1 Å². The number of nitrogens with zero attached hydrogens (tertiary/aromatic N) is 6. The van der Waals surface area contributed by atoms with Crippen molar-refractivity contribution in [3.63, 3.8) is 0 Å². The van der Waals surface area contributed by atoms with Crippen molar-refractivity contribution in [3.8, 4) is 11.6 Å². The van der Waals surface area contributed by atoms with Crippen LogP contribution in [-0.4, -0.2) is 42.5 Å². The number of nitrogens with two attached hydrogens (primary N) is 1. The number of phenolic OH excluding ortho intramolecular Hbond substituents is 1. The minimum Gasteiger partial charge on any atom is -0.508 e. The Bertz CT molecular complexity index is 929. The first-order valence-corrected chi connectivity index (χ1v) is 7.75. The number of rotatable bonds is 6. The van der Waals surface area contributed by atoms with Gasteiger partial charge < -0.3 is 10.8 Å². The highest BCUT2D eigenvalue weighted by Crippen LogP contribution is 2.17. The highest BCUT2D eigenvalue weighted by Gasteiger charge is 2.23. The van der Waals surface area contributed by atoms with Gasteiger partial charge in [-0.3, -0.25) is 4.79 Å². The molecule has 2 aromatic heterocycles. The Kier molecular flexibility index (Phi) is 4.87. The molecule has 0 radical (unpaired) electrons. The number of nitrogen functional groups attached to an aromatic ring is 1. The van der Waals surface area contributed by atoms with E-state index in [-0.39, 0.29) is 23.1 Å². The molecule has 3 aromatic rings. The molecule has 2 heterocycles. The van der Waals surface area contributed by atoms with Gasteiger partial charge in [0.1, 0.15) is 5.75 Å². The van der Waals surface area contributed by atoms with E-state index in [4.69, 9.17) is 5.73 Å². The molecule has 0 saturated heterocycles. The molecular weight excluding hydrogens is 340 g/mol. The Labute approximate surface area is 147 Å². The summed E-state index contributed by atoms with van der Waals surface area (Å²) in [4.78, 5) is 12.4. The smallest absolute Gasteiger partial charge is 0.293 e. The number of aromatic hydroxyl groups is 1. The first-order chi connectivity index (χ1) is 12.6. The predicted octanol–water partition coefficient (Wildman–Crippen LogP) is 0.654. The molecule has 0 aliphatic carbocycles. The largest absolute Gasteiger partial charge is 0.508 e. The van der Waals surface area contributed by atoms with Crippen molar-refractivity contribution < 1.29 is 14.5 Å². The Morgan fingerprint density at radius 2 is 2.15 bits per heavy atom. The Hall–Kier alpha value is -3.76. The van der Waals surface area contributed by atoms with Crippen molar-refractivity contribution in [2.75, 3.05) is 5.73 Å². The maximum Gasteiger partial charge on any atom is 0.293 e. The quantitative estimate of drug-likeness (QED) is 0.429. The summed E-state index contributed by atoms with van der Waals surface area (Å²) in [6.07, 6.45) is 2.71. The van der Waals surface area contributed by atoms with E-state index in [0.717, 1.165) is 6.42 Å². The zero-order valence-corrected chi connectivity index (χ0v) is 13.8. The van der Waals surface area contributed by atoms with Crippen molar-refractivity contribution in [3.05, 3.63) is 41.2 Å². The second-order valence-corrected chi connectivity index (χ2v) is 5.31. The summed E-state index contributed by atoms with van der Waals surface area (Å²) in [6, 6.07) is 6.35. The first-order valence-electron chi connectivity index (χ1n) is 7.75. The van der Waals surface area contributed by atoms with Crippen LogP contribution in [0.3, 0.4) is 0 Å². The summed E-state index contributed by atoms with van der Waals surface area (Å²) in [5.41, 5.74) is 9.42. The average Bonchev–Trinajstić information content (AvgIpc) is 3.23. The number of hydrazone groups is 1. The molecule has 0 spiro atoms. The summed E-state index contributed by atoms with van der Waals surface area (Å²) in [5, 5.41) is 28.1. The summed E-state index contributed by atoms with van der Waals surface area (Å²) in [5.74, 6) is -0.157. The molecule has 1 amide bonds. The molecular formula is C15H16N8O3. The lowest BCUT2D eigenvalue weighted by Gasteiger charge is -2.03. The van der Waals surface area contributed by atoms with Crippen molar-refractivity contribution in [1.29, 1.82) is 0 Å². The van der Waals surface area contributed by atoms with Gasteiger partial charge >= 0.3 is 0 Å². The molecule has 11 heteroatoms. The summed E-state index contributed by atoms with van der Waals surface area (Å²) in [6.45, 7) is 1.95. The molecule has 0 bridgehead atoms. The fourth-order valence-electron chi connectivity index (χ4n) is 2.23. The lowest BCUT2D eigenvalue weighted by atomic mass is 10.2. The van der Waals surface area contributed by atoms with Gasteiger partial charge in [-0.2, -0.15) is 9.78 Å². The molecule has 26 heavy (non-hydrogen) atoms. The zero-order valence-electron chi connectivity index (χ0n) is 13.8. The van der Waals surface area contributed by atoms with Crippen LogP contribution in [-0.2, 0) is 6.42 Å². The summed E-state index contributed by atoms with van der Waals surface area (Å²) >= 11 is 0. The highest BCUT2D eigenvalue weighted by atomic mass is 16.6. The number of phenols is 1. The van der Waals surface area contributed by atoms with E-state index in [9.17, 15) is 9.90 Å². The van der Waals surface area contributed by atoms with Gasteiger partial charge in [0.25, 0.3) is 5.91 Å². The number of hydrogen-bond donors (Lipinski definition) is 3. The molecule has 134 valence electrons. The van der Waals surface area contributed by atoms with Crippen molar-refractivity contribution in [2.24, 2.45) is 5.10 Å². The maximum absolute atomic E-state index is 12.4. The molecule has 0 aliphatic heterocycles. The van der Waals surface area contributed by atoms with E-state index < -0.39 is 5.91 Å². The van der Waals surface area contributed by atoms with Crippen LogP contribution in [0.2, 0.25) is 0 Å². The lowest BCUT2D eigenvalue weighted by molar-refractivity contribution is 0.0949. The van der Waals surface area contributed by atoms with E-state index in [1.165, 1.54) is 23.0 Å². The topological polar surface area (TPSA) is 157 Å². The Balaban J connectivity index is 1.79. The standard InChI is InChI=1S/C15H16N8O3/c1-2-3-11-12(18-22-23(11)14-13(16)20-26-21-14)15(25)19-17-8-9-4-6-10(24)7-5-9/h4-8,24H,2-3H2,1H3,(H2,16,20)(H,19,25)/b17-8+. The van der Waals surface area contributed by atoms with Gasteiger partial charge in [0.05, 0.1) is 11.9 Å². The Morgan fingerprint density at radius 3 is 2.81 bits per heavy atom. The fraction of sp³-hybridized carbons (Fsp3) is 0.200. The molecule has 0 saturated carbocycles. The number of carbonyl (C=O) groups excluding carboxylic acids is 1. The Morgan fingerprint density at radius 1 is 1.38 bits per heavy atom. The highest BCUT2D eigenvalue weighted by molar-refractivity contribution is 5.94. The third-order valence-corrected chi connectivity index (χ3v) is 3.43. The van der Waals surface area contributed by atoms with Crippen LogP contribution in [0.15, 0.2) is 34.0 Å². The monoisotopic (exact) mass is 356 g/mol. The van der Waals surface area contributed by atoms with Crippen LogP contribution in [0.1, 0.15) is 35.1 Å². The van der Waals surface area contributed by atoms with Gasteiger partial charge in [0, 0.05) is 0 Å². The van der Waals surface area contributed by atoms with Crippen LogP contribution in [0.25, 0.3) is 5.82 Å². The average molecular weight is 356 g/mol. The second kappa shape index (κ2) is 7.42. The second-order valence-electron chi connectivity index (χ2n) is 5.31. The number of benzene rings is 1. The molecule has 0 unspecified atom stereocenters. The number of hydrogen-bond acceptors (Lipinski definition) is 9.